The van der Waals surface area contributed by atoms with Crippen molar-refractivity contribution >= 4 is 34.5 Å². The fourth-order valence-electron chi connectivity index (χ4n) is 3.39. The number of carbonyl (C=O) groups is 1. The Balaban J connectivity index is 0.000000201. The summed E-state index contributed by atoms with van der Waals surface area (Å²) >= 11 is 5.31. The number of thiocarbonyl (C=S) groups is 1. The number of benzene rings is 4. The van der Waals surface area contributed by atoms with E-state index >= 15 is 0 Å². The third kappa shape index (κ3) is 8.17. The summed E-state index contributed by atoms with van der Waals surface area (Å²) in [5.41, 5.74) is 6.57. The van der Waals surface area contributed by atoms with E-state index in [1.165, 1.54) is 11.1 Å². The van der Waals surface area contributed by atoms with Crippen LogP contribution in [0.25, 0.3) is 22.3 Å². The van der Waals surface area contributed by atoms with Crippen molar-refractivity contribution in [1.29, 1.82) is 0 Å². The Bertz CT molecular complexity index is 1170. The zero-order valence-electron chi connectivity index (χ0n) is 21.4. The van der Waals surface area contributed by atoms with Crippen LogP contribution >= 0.6 is 12.2 Å². The van der Waals surface area contributed by atoms with Crippen LogP contribution in [0.2, 0.25) is 0 Å². The first-order chi connectivity index (χ1) is 17.3. The summed E-state index contributed by atoms with van der Waals surface area (Å²) in [5.74, 6) is 0.394. The molecule has 0 aliphatic rings. The highest BCUT2D eigenvalue weighted by molar-refractivity contribution is 7.80. The number of rotatable bonds is 6. The number of hydrogen-bond acceptors (Lipinski definition) is 2. The van der Waals surface area contributed by atoms with Gasteiger partial charge in [0.2, 0.25) is 5.91 Å². The van der Waals surface area contributed by atoms with Gasteiger partial charge in [0.1, 0.15) is 0 Å². The number of hydrogen-bond donors (Lipinski definition) is 2. The quantitative estimate of drug-likeness (QED) is 0.263. The normalized spacial score (nSPS) is 10.4. The van der Waals surface area contributed by atoms with Crippen LogP contribution in [0, 0.1) is 11.8 Å². The zero-order chi connectivity index (χ0) is 25.9. The lowest BCUT2D eigenvalue weighted by atomic mass is 10.1. The molecule has 0 aliphatic heterocycles. The van der Waals surface area contributed by atoms with Gasteiger partial charge in [0.05, 0.1) is 4.99 Å². The molecule has 0 aliphatic carbocycles. The molecular weight excluding hydrogens is 460 g/mol. The number of carbonyl (C=O) groups excluding carboxylic acids is 1. The molecule has 0 atom stereocenters. The molecule has 0 radical (unpaired) electrons. The molecule has 0 unspecified atom stereocenters. The first kappa shape index (κ1) is 26.8. The van der Waals surface area contributed by atoms with Crippen molar-refractivity contribution in [2.45, 2.75) is 27.7 Å². The van der Waals surface area contributed by atoms with Gasteiger partial charge in [-0.15, -0.1) is 0 Å². The lowest BCUT2D eigenvalue weighted by Gasteiger charge is -2.12. The van der Waals surface area contributed by atoms with Gasteiger partial charge < -0.3 is 10.6 Å². The molecule has 4 rings (SSSR count). The van der Waals surface area contributed by atoms with Crippen LogP contribution in [0.15, 0.2) is 109 Å². The summed E-state index contributed by atoms with van der Waals surface area (Å²) in [6.07, 6.45) is 0. The van der Waals surface area contributed by atoms with Gasteiger partial charge in [0.15, 0.2) is 0 Å². The monoisotopic (exact) mass is 494 g/mol. The van der Waals surface area contributed by atoms with E-state index in [2.05, 4.69) is 60.9 Å². The van der Waals surface area contributed by atoms with Crippen LogP contribution in [-0.2, 0) is 4.79 Å². The molecule has 36 heavy (non-hydrogen) atoms. The summed E-state index contributed by atoms with van der Waals surface area (Å²) in [5, 5.41) is 6.20. The SMILES string of the molecule is CC(C)C(=O)Nc1cccc(-c2ccccc2)c1.CC(C)C(=S)Nc1cccc(-c2ccccc2)c1. The standard InChI is InChI=1S/C16H17NO.C16H17NS/c2*1-12(2)16(18)17-15-10-6-9-14(11-15)13-7-4-3-5-8-13/h2*3-12H,1-2H3,(H,17,18). The molecule has 3 nitrogen and oxygen atoms in total. The minimum Gasteiger partial charge on any atom is -0.350 e. The molecular formula is C32H34N2OS. The van der Waals surface area contributed by atoms with Crippen LogP contribution < -0.4 is 10.6 Å². The Morgan fingerprint density at radius 1 is 0.556 bits per heavy atom. The Morgan fingerprint density at radius 2 is 0.972 bits per heavy atom. The predicted octanol–water partition coefficient (Wildman–Crippen LogP) is 8.70. The molecule has 4 aromatic rings. The molecule has 1 amide bonds. The fourth-order valence-corrected chi connectivity index (χ4v) is 3.51. The minimum absolute atomic E-state index is 0.00891. The molecule has 0 aromatic heterocycles. The Hall–Kier alpha value is -3.76. The summed E-state index contributed by atoms with van der Waals surface area (Å²) in [7, 11) is 0. The summed E-state index contributed by atoms with van der Waals surface area (Å²) in [6, 6.07) is 36.7. The Morgan fingerprint density at radius 3 is 1.39 bits per heavy atom. The van der Waals surface area contributed by atoms with Crippen LogP contribution in [0.4, 0.5) is 11.4 Å². The van der Waals surface area contributed by atoms with Crippen molar-refractivity contribution in [1.82, 2.24) is 0 Å². The molecule has 0 bridgehead atoms. The highest BCUT2D eigenvalue weighted by Gasteiger charge is 2.07. The Labute approximate surface area is 220 Å². The van der Waals surface area contributed by atoms with E-state index in [1.807, 2.05) is 86.6 Å². The number of anilines is 2. The lowest BCUT2D eigenvalue weighted by molar-refractivity contribution is -0.118. The van der Waals surface area contributed by atoms with Gasteiger partial charge in [-0.1, -0.05) is 125 Å². The van der Waals surface area contributed by atoms with Gasteiger partial charge >= 0.3 is 0 Å². The zero-order valence-corrected chi connectivity index (χ0v) is 22.2. The van der Waals surface area contributed by atoms with Crippen molar-refractivity contribution in [2.24, 2.45) is 11.8 Å². The lowest BCUT2D eigenvalue weighted by Crippen LogP contribution is -2.17. The van der Waals surface area contributed by atoms with Crippen LogP contribution in [-0.4, -0.2) is 10.9 Å². The van der Waals surface area contributed by atoms with Crippen LogP contribution in [0.3, 0.4) is 0 Å². The first-order valence-electron chi connectivity index (χ1n) is 12.3. The van der Waals surface area contributed by atoms with Crippen molar-refractivity contribution in [3.05, 3.63) is 109 Å². The molecule has 0 saturated carbocycles. The molecule has 0 spiro atoms. The third-order valence-electron chi connectivity index (χ3n) is 5.52. The number of nitrogens with one attached hydrogen (secondary N) is 2. The van der Waals surface area contributed by atoms with E-state index in [0.29, 0.717) is 5.92 Å². The second-order valence-electron chi connectivity index (χ2n) is 9.18. The maximum Gasteiger partial charge on any atom is 0.226 e. The predicted molar refractivity (Wildman–Crippen MR) is 158 cm³/mol. The number of amides is 1. The average molecular weight is 495 g/mol. The van der Waals surface area contributed by atoms with E-state index in [9.17, 15) is 4.79 Å². The van der Waals surface area contributed by atoms with Crippen molar-refractivity contribution in [3.8, 4) is 22.3 Å². The van der Waals surface area contributed by atoms with Crippen molar-refractivity contribution in [3.63, 3.8) is 0 Å². The van der Waals surface area contributed by atoms with Gasteiger partial charge in [0, 0.05) is 23.2 Å². The van der Waals surface area contributed by atoms with Gasteiger partial charge in [0.25, 0.3) is 0 Å². The molecule has 0 heterocycles. The molecule has 184 valence electrons. The molecule has 0 fully saturated rings. The van der Waals surface area contributed by atoms with Gasteiger partial charge in [-0.2, -0.15) is 0 Å². The smallest absolute Gasteiger partial charge is 0.226 e. The van der Waals surface area contributed by atoms with Crippen molar-refractivity contribution in [2.75, 3.05) is 10.6 Å². The molecule has 4 heteroatoms. The van der Waals surface area contributed by atoms with E-state index in [0.717, 1.165) is 27.5 Å². The maximum atomic E-state index is 11.6. The third-order valence-corrected chi connectivity index (χ3v) is 6.10. The maximum absolute atomic E-state index is 11.6. The summed E-state index contributed by atoms with van der Waals surface area (Å²) in [4.78, 5) is 12.5. The van der Waals surface area contributed by atoms with Gasteiger partial charge in [-0.3, -0.25) is 4.79 Å². The summed E-state index contributed by atoms with van der Waals surface area (Å²) in [6.45, 7) is 7.96. The minimum atomic E-state index is -0.00891. The van der Waals surface area contributed by atoms with Gasteiger partial charge in [-0.25, -0.2) is 0 Å². The topological polar surface area (TPSA) is 41.1 Å². The molecule has 2 N–H and O–H groups in total. The molecule has 0 saturated heterocycles. The average Bonchev–Trinajstić information content (AvgIpc) is 2.90. The van der Waals surface area contributed by atoms with Crippen LogP contribution in [0.1, 0.15) is 27.7 Å². The van der Waals surface area contributed by atoms with Crippen LogP contribution in [0.5, 0.6) is 0 Å². The van der Waals surface area contributed by atoms with Gasteiger partial charge in [-0.05, 0) is 46.5 Å². The fraction of sp³-hybridized carbons (Fsp3) is 0.188. The Kier molecular flexibility index (Phi) is 9.96. The van der Waals surface area contributed by atoms with E-state index in [1.54, 1.807) is 0 Å². The van der Waals surface area contributed by atoms with Crippen molar-refractivity contribution < 1.29 is 4.79 Å². The van der Waals surface area contributed by atoms with E-state index in [4.69, 9.17) is 12.2 Å². The molecule has 4 aromatic carbocycles. The van der Waals surface area contributed by atoms with E-state index in [-0.39, 0.29) is 11.8 Å². The highest BCUT2D eigenvalue weighted by Crippen LogP contribution is 2.23. The van der Waals surface area contributed by atoms with E-state index < -0.39 is 0 Å². The highest BCUT2D eigenvalue weighted by atomic mass is 32.1. The summed E-state index contributed by atoms with van der Waals surface area (Å²) < 4.78 is 0. The second-order valence-corrected chi connectivity index (χ2v) is 9.62. The second kappa shape index (κ2) is 13.4. The largest absolute Gasteiger partial charge is 0.350 e. The first-order valence-corrected chi connectivity index (χ1v) is 12.7.